The Kier molecular flexibility index (Phi) is 5.51. The molecule has 1 fully saturated rings. The summed E-state index contributed by atoms with van der Waals surface area (Å²) in [5.74, 6) is 1.77. The fourth-order valence-electron chi connectivity index (χ4n) is 4.53. The van der Waals surface area contributed by atoms with E-state index in [0.717, 1.165) is 71.6 Å². The number of aryl methyl sites for hydroxylation is 2. The lowest BCUT2D eigenvalue weighted by Crippen LogP contribution is -2.26. The third-order valence-electron chi connectivity index (χ3n) is 6.17. The van der Waals surface area contributed by atoms with Crippen molar-refractivity contribution in [3.8, 4) is 17.0 Å². The van der Waals surface area contributed by atoms with Crippen LogP contribution in [0.1, 0.15) is 44.3 Å². The first kappa shape index (κ1) is 20.5. The second kappa shape index (κ2) is 8.61. The van der Waals surface area contributed by atoms with Gasteiger partial charge in [-0.1, -0.05) is 0 Å². The van der Waals surface area contributed by atoms with Gasteiger partial charge in [-0.3, -0.25) is 14.3 Å². The molecular weight excluding hydrogens is 402 g/mol. The fourth-order valence-corrected chi connectivity index (χ4v) is 4.53. The van der Waals surface area contributed by atoms with Crippen LogP contribution in [-0.2, 0) is 7.05 Å². The van der Waals surface area contributed by atoms with Crippen LogP contribution in [0, 0.1) is 6.92 Å². The summed E-state index contributed by atoms with van der Waals surface area (Å²) in [6.45, 7) is 4.90. The van der Waals surface area contributed by atoms with Gasteiger partial charge in [0.15, 0.2) is 0 Å². The molecule has 32 heavy (non-hydrogen) atoms. The predicted octanol–water partition coefficient (Wildman–Crippen LogP) is 4.53. The minimum atomic E-state index is 0.216. The highest BCUT2D eigenvalue weighted by Gasteiger charge is 2.27. The lowest BCUT2D eigenvalue weighted by Gasteiger charge is -2.29. The van der Waals surface area contributed by atoms with Gasteiger partial charge in [0.25, 0.3) is 0 Å². The van der Waals surface area contributed by atoms with Crippen molar-refractivity contribution in [2.24, 2.45) is 7.05 Å². The lowest BCUT2D eigenvalue weighted by molar-refractivity contribution is 0.129. The summed E-state index contributed by atoms with van der Waals surface area (Å²) in [6, 6.07) is 6.38. The van der Waals surface area contributed by atoms with Crippen molar-refractivity contribution in [2.45, 2.75) is 51.7 Å². The molecule has 0 aromatic carbocycles. The van der Waals surface area contributed by atoms with Crippen molar-refractivity contribution in [2.75, 3.05) is 11.9 Å². The minimum absolute atomic E-state index is 0.216. The van der Waals surface area contributed by atoms with E-state index in [1.54, 1.807) is 6.20 Å². The van der Waals surface area contributed by atoms with Gasteiger partial charge in [0, 0.05) is 49.2 Å². The van der Waals surface area contributed by atoms with Gasteiger partial charge in [-0.25, -0.2) is 4.98 Å². The molecule has 4 heterocycles. The van der Waals surface area contributed by atoms with Crippen molar-refractivity contribution < 1.29 is 4.74 Å². The summed E-state index contributed by atoms with van der Waals surface area (Å²) in [6.07, 6.45) is 11.8. The first-order valence-corrected chi connectivity index (χ1v) is 11.3. The van der Waals surface area contributed by atoms with Gasteiger partial charge in [-0.05, 0) is 51.7 Å². The van der Waals surface area contributed by atoms with Crippen molar-refractivity contribution in [1.29, 1.82) is 0 Å². The van der Waals surface area contributed by atoms with E-state index >= 15 is 0 Å². The third kappa shape index (κ3) is 3.92. The maximum atomic E-state index is 6.26. The molecule has 0 radical (unpaired) electrons. The lowest BCUT2D eigenvalue weighted by atomic mass is 9.93. The molecule has 166 valence electrons. The quantitative estimate of drug-likeness (QED) is 0.483. The number of aromatic nitrogens is 6. The highest BCUT2D eigenvalue weighted by molar-refractivity contribution is 5.93. The number of rotatable bonds is 6. The van der Waals surface area contributed by atoms with Crippen LogP contribution >= 0.6 is 0 Å². The Morgan fingerprint density at radius 1 is 1.16 bits per heavy atom. The molecule has 0 amide bonds. The van der Waals surface area contributed by atoms with Gasteiger partial charge in [0.05, 0.1) is 29.6 Å². The zero-order valence-electron chi connectivity index (χ0n) is 18.8. The van der Waals surface area contributed by atoms with E-state index in [0.29, 0.717) is 6.04 Å². The molecule has 5 rings (SSSR count). The standard InChI is InChI=1S/C24H29N7O/c1-4-25-23-12-21-20(14-27-23)24(17-13-28-30(3)15-17)29-31(21)18-7-9-19(10-8-18)32-22-6-5-11-26-16(22)2/h5-6,11-15,18-19H,4,7-10H2,1-3H3,(H,25,27). The normalized spacial score (nSPS) is 18.7. The Morgan fingerprint density at radius 3 is 2.72 bits per heavy atom. The monoisotopic (exact) mass is 431 g/mol. The number of anilines is 1. The number of hydrogen-bond donors (Lipinski definition) is 1. The van der Waals surface area contributed by atoms with E-state index in [1.807, 2.05) is 49.4 Å². The molecule has 8 nitrogen and oxygen atoms in total. The molecule has 4 aromatic heterocycles. The highest BCUT2D eigenvalue weighted by Crippen LogP contribution is 2.36. The van der Waals surface area contributed by atoms with E-state index in [9.17, 15) is 0 Å². The Morgan fingerprint density at radius 2 is 2.00 bits per heavy atom. The SMILES string of the molecule is CCNc1cc2c(cn1)c(-c1cnn(C)c1)nn2C1CCC(Oc2cccnc2C)CC1. The summed E-state index contributed by atoms with van der Waals surface area (Å²) >= 11 is 0. The Labute approximate surface area is 187 Å². The number of hydrogen-bond acceptors (Lipinski definition) is 6. The summed E-state index contributed by atoms with van der Waals surface area (Å²) in [7, 11) is 1.93. The van der Waals surface area contributed by atoms with Gasteiger partial charge in [-0.15, -0.1) is 0 Å². The first-order valence-electron chi connectivity index (χ1n) is 11.3. The van der Waals surface area contributed by atoms with Crippen LogP contribution in [0.25, 0.3) is 22.2 Å². The van der Waals surface area contributed by atoms with Gasteiger partial charge in [-0.2, -0.15) is 10.2 Å². The summed E-state index contributed by atoms with van der Waals surface area (Å²) in [5.41, 5.74) is 4.01. The molecule has 1 aliphatic rings. The van der Waals surface area contributed by atoms with Crippen LogP contribution in [-0.4, -0.2) is 42.2 Å². The topological polar surface area (TPSA) is 82.7 Å². The van der Waals surface area contributed by atoms with Crippen molar-refractivity contribution in [1.82, 2.24) is 29.5 Å². The molecule has 1 saturated carbocycles. The highest BCUT2D eigenvalue weighted by atomic mass is 16.5. The maximum absolute atomic E-state index is 6.26. The second-order valence-corrected chi connectivity index (χ2v) is 8.45. The number of pyridine rings is 2. The molecule has 0 bridgehead atoms. The van der Waals surface area contributed by atoms with E-state index in [4.69, 9.17) is 9.84 Å². The van der Waals surface area contributed by atoms with Crippen LogP contribution in [0.5, 0.6) is 5.75 Å². The van der Waals surface area contributed by atoms with E-state index in [-0.39, 0.29) is 6.10 Å². The zero-order valence-corrected chi connectivity index (χ0v) is 18.8. The van der Waals surface area contributed by atoms with E-state index in [1.165, 1.54) is 0 Å². The van der Waals surface area contributed by atoms with Crippen LogP contribution in [0.3, 0.4) is 0 Å². The van der Waals surface area contributed by atoms with Crippen LogP contribution in [0.15, 0.2) is 43.0 Å². The Bertz CT molecular complexity index is 1220. The summed E-state index contributed by atoms with van der Waals surface area (Å²) in [4.78, 5) is 8.94. The van der Waals surface area contributed by atoms with E-state index < -0.39 is 0 Å². The molecule has 8 heteroatoms. The van der Waals surface area contributed by atoms with Crippen LogP contribution in [0.4, 0.5) is 5.82 Å². The smallest absolute Gasteiger partial charge is 0.140 e. The van der Waals surface area contributed by atoms with Gasteiger partial charge in [0.2, 0.25) is 0 Å². The summed E-state index contributed by atoms with van der Waals surface area (Å²) in [5, 5.41) is 13.8. The van der Waals surface area contributed by atoms with Crippen molar-refractivity contribution in [3.05, 3.63) is 48.7 Å². The molecule has 4 aromatic rings. The molecule has 0 aliphatic heterocycles. The molecule has 1 N–H and O–H groups in total. The number of fused-ring (bicyclic) bond motifs is 1. The predicted molar refractivity (Wildman–Crippen MR) is 125 cm³/mol. The van der Waals surface area contributed by atoms with Crippen molar-refractivity contribution in [3.63, 3.8) is 0 Å². The van der Waals surface area contributed by atoms with Gasteiger partial charge < -0.3 is 10.1 Å². The third-order valence-corrected chi connectivity index (χ3v) is 6.17. The Hall–Kier alpha value is -3.42. The largest absolute Gasteiger partial charge is 0.489 e. The van der Waals surface area contributed by atoms with Crippen LogP contribution < -0.4 is 10.1 Å². The average molecular weight is 432 g/mol. The average Bonchev–Trinajstić information content (AvgIpc) is 3.39. The first-order chi connectivity index (χ1) is 15.6. The summed E-state index contributed by atoms with van der Waals surface area (Å²) < 4.78 is 10.3. The Balaban J connectivity index is 1.42. The molecule has 1 aliphatic carbocycles. The number of ether oxygens (including phenoxy) is 1. The molecule has 0 atom stereocenters. The molecule has 0 unspecified atom stereocenters. The minimum Gasteiger partial charge on any atom is -0.489 e. The zero-order chi connectivity index (χ0) is 22.1. The van der Waals surface area contributed by atoms with Gasteiger partial charge >= 0.3 is 0 Å². The maximum Gasteiger partial charge on any atom is 0.140 e. The van der Waals surface area contributed by atoms with E-state index in [2.05, 4.69) is 38.1 Å². The van der Waals surface area contributed by atoms with Crippen molar-refractivity contribution >= 4 is 16.7 Å². The van der Waals surface area contributed by atoms with Gasteiger partial charge in [0.1, 0.15) is 17.3 Å². The number of nitrogens with one attached hydrogen (secondary N) is 1. The van der Waals surface area contributed by atoms with Crippen LogP contribution in [0.2, 0.25) is 0 Å². The molecule has 0 spiro atoms. The number of nitrogens with zero attached hydrogens (tertiary/aromatic N) is 6. The fraction of sp³-hybridized carbons (Fsp3) is 0.417. The molecular formula is C24H29N7O. The second-order valence-electron chi connectivity index (χ2n) is 8.45. The molecule has 0 saturated heterocycles.